The molecule has 11 N–H and O–H groups in total. The van der Waals surface area contributed by atoms with Gasteiger partial charge in [-0.2, -0.15) is 11.8 Å². The monoisotopic (exact) mass is 781 g/mol. The van der Waals surface area contributed by atoms with Crippen LogP contribution in [-0.2, 0) is 40.0 Å². The van der Waals surface area contributed by atoms with Crippen LogP contribution in [0.4, 0.5) is 0 Å². The minimum absolute atomic E-state index is 0.0163. The molecule has 0 fully saturated rings. The number of amides is 6. The Labute approximate surface area is 321 Å². The maximum atomic E-state index is 13.5. The summed E-state index contributed by atoms with van der Waals surface area (Å²) in [6.07, 6.45) is 1.02. The Kier molecular flexibility index (Phi) is 20.6. The molecule has 0 aliphatic rings. The second kappa shape index (κ2) is 23.4. The molecule has 0 saturated carbocycles. The van der Waals surface area contributed by atoms with E-state index in [-0.39, 0.29) is 36.8 Å². The number of rotatable bonds is 23. The van der Waals surface area contributed by atoms with Gasteiger partial charge in [-0.15, -0.1) is 0 Å². The molecule has 0 aliphatic heterocycles. The second-order valence-electron chi connectivity index (χ2n) is 14.2. The van der Waals surface area contributed by atoms with Crippen molar-refractivity contribution in [2.75, 3.05) is 12.0 Å². The van der Waals surface area contributed by atoms with Crippen molar-refractivity contribution in [3.8, 4) is 5.75 Å². The van der Waals surface area contributed by atoms with Crippen LogP contribution in [0.3, 0.4) is 0 Å². The molecule has 0 heterocycles. The second-order valence-corrected chi connectivity index (χ2v) is 15.2. The molecule has 0 radical (unpaired) electrons. The SMILES string of the molecule is CSCC[C@H](NC(=O)[C@@H](NC(=O)[C@H](C)NC(=O)[C@H](CC(C)C)NC(=O)[C@H](C)NC(=O)[C@H](Cc1ccc(O)cc1)NC(=O)[C@@H](N)CC(C)C)[C@@H](C)O)C(=O)O. The van der Waals surface area contributed by atoms with Gasteiger partial charge in [0.25, 0.3) is 0 Å². The van der Waals surface area contributed by atoms with Gasteiger partial charge in [0.1, 0.15) is 42.0 Å². The van der Waals surface area contributed by atoms with Crippen LogP contribution >= 0.6 is 11.8 Å². The number of hydrogen-bond acceptors (Lipinski definition) is 11. The van der Waals surface area contributed by atoms with Crippen molar-refractivity contribution in [1.82, 2.24) is 31.9 Å². The molecular weight excluding hydrogens is 723 g/mol. The van der Waals surface area contributed by atoms with Crippen molar-refractivity contribution in [2.45, 2.75) is 123 Å². The summed E-state index contributed by atoms with van der Waals surface area (Å²) in [5.41, 5.74) is 6.66. The standard InChI is InChI=1S/C36H59N7O10S/c1-18(2)15-25(37)32(48)42-28(17-23-9-11-24(45)12-10-23)34(50)38-20(5)30(46)41-27(16-19(3)4)33(49)39-21(6)31(47)43-29(22(7)44)35(51)40-26(36(52)53)13-14-54-8/h9-12,18-22,25-29,44-45H,13-17,37H2,1-8H3,(H,38,50)(H,39,49)(H,40,51)(H,41,46)(H,42,48)(H,43,47)(H,52,53)/t20-,21-,22+,25-,26-,27-,28-,29-/m0/s1. The van der Waals surface area contributed by atoms with Crippen molar-refractivity contribution in [2.24, 2.45) is 17.6 Å². The highest BCUT2D eigenvalue weighted by Gasteiger charge is 2.33. The number of nitrogens with one attached hydrogen (secondary N) is 6. The van der Waals surface area contributed by atoms with Crippen LogP contribution in [0, 0.1) is 11.8 Å². The van der Waals surface area contributed by atoms with Crippen molar-refractivity contribution in [3.63, 3.8) is 0 Å². The normalized spacial score (nSPS) is 15.7. The van der Waals surface area contributed by atoms with Gasteiger partial charge in [-0.3, -0.25) is 28.8 Å². The molecule has 54 heavy (non-hydrogen) atoms. The molecule has 0 bridgehead atoms. The third-order valence-corrected chi connectivity index (χ3v) is 8.85. The highest BCUT2D eigenvalue weighted by atomic mass is 32.2. The molecule has 0 unspecified atom stereocenters. The van der Waals surface area contributed by atoms with Crippen LogP contribution in [0.15, 0.2) is 24.3 Å². The van der Waals surface area contributed by atoms with E-state index in [1.165, 1.54) is 44.7 Å². The zero-order valence-electron chi connectivity index (χ0n) is 32.3. The van der Waals surface area contributed by atoms with Crippen molar-refractivity contribution in [1.29, 1.82) is 0 Å². The molecule has 0 saturated heterocycles. The summed E-state index contributed by atoms with van der Waals surface area (Å²) in [5.74, 6) is -5.29. The number of aliphatic hydroxyl groups excluding tert-OH is 1. The molecule has 17 nitrogen and oxygen atoms in total. The molecule has 8 atom stereocenters. The molecule has 1 aromatic rings. The number of phenolic OH excluding ortho intramolecular Hbond substituents is 1. The van der Waals surface area contributed by atoms with Gasteiger partial charge >= 0.3 is 5.97 Å². The maximum Gasteiger partial charge on any atom is 0.326 e. The van der Waals surface area contributed by atoms with Gasteiger partial charge in [0.15, 0.2) is 0 Å². The van der Waals surface area contributed by atoms with Gasteiger partial charge in [-0.25, -0.2) is 4.79 Å². The topological polar surface area (TPSA) is 278 Å². The fourth-order valence-corrected chi connectivity index (χ4v) is 5.64. The van der Waals surface area contributed by atoms with Gasteiger partial charge in [-0.05, 0) is 81.6 Å². The lowest BCUT2D eigenvalue weighted by Crippen LogP contribution is -2.60. The highest BCUT2D eigenvalue weighted by Crippen LogP contribution is 2.13. The van der Waals surface area contributed by atoms with Crippen molar-refractivity contribution < 1.29 is 48.9 Å². The number of aliphatic carboxylic acids is 1. The number of carboxylic acids is 1. The average molecular weight is 782 g/mol. The molecule has 1 aromatic carbocycles. The minimum Gasteiger partial charge on any atom is -0.508 e. The fourth-order valence-electron chi connectivity index (χ4n) is 5.17. The van der Waals surface area contributed by atoms with E-state index in [9.17, 15) is 48.9 Å². The number of hydrogen-bond donors (Lipinski definition) is 10. The lowest BCUT2D eigenvalue weighted by atomic mass is 10.0. The number of thioether (sulfide) groups is 1. The number of carbonyl (C=O) groups is 7. The van der Waals surface area contributed by atoms with E-state index in [0.717, 1.165) is 0 Å². The van der Waals surface area contributed by atoms with E-state index < -0.39 is 89.8 Å². The predicted molar refractivity (Wildman–Crippen MR) is 204 cm³/mol. The van der Waals surface area contributed by atoms with E-state index >= 15 is 0 Å². The van der Waals surface area contributed by atoms with E-state index in [2.05, 4.69) is 31.9 Å². The van der Waals surface area contributed by atoms with Crippen LogP contribution in [0.2, 0.25) is 0 Å². The third kappa shape index (κ3) is 17.2. The molecule has 18 heteroatoms. The number of carbonyl (C=O) groups excluding carboxylic acids is 6. The smallest absolute Gasteiger partial charge is 0.326 e. The Morgan fingerprint density at radius 2 is 1.13 bits per heavy atom. The zero-order chi connectivity index (χ0) is 41.3. The number of aliphatic hydroxyl groups is 1. The van der Waals surface area contributed by atoms with Crippen molar-refractivity contribution >= 4 is 53.2 Å². The number of carboxylic acid groups (broad SMARTS) is 1. The average Bonchev–Trinajstić information content (AvgIpc) is 3.07. The molecular formula is C36H59N7O10S. The summed E-state index contributed by atoms with van der Waals surface area (Å²) in [7, 11) is 0. The summed E-state index contributed by atoms with van der Waals surface area (Å²) in [4.78, 5) is 90.5. The molecule has 1 rings (SSSR count). The molecule has 0 aromatic heterocycles. The molecule has 304 valence electrons. The summed E-state index contributed by atoms with van der Waals surface area (Å²) in [5, 5.41) is 44.3. The number of benzene rings is 1. The number of nitrogens with two attached hydrogens (primary N) is 1. The number of phenols is 1. The quantitative estimate of drug-likeness (QED) is 0.0675. The summed E-state index contributed by atoms with van der Waals surface area (Å²) in [6.45, 7) is 11.4. The van der Waals surface area contributed by atoms with Crippen molar-refractivity contribution in [3.05, 3.63) is 29.8 Å². The Hall–Kier alpha value is -4.42. The Balaban J connectivity index is 3.03. The lowest BCUT2D eigenvalue weighted by molar-refractivity contribution is -0.143. The van der Waals surface area contributed by atoms with Gasteiger partial charge in [-0.1, -0.05) is 39.8 Å². The summed E-state index contributed by atoms with van der Waals surface area (Å²) >= 11 is 1.39. The maximum absolute atomic E-state index is 13.5. The van der Waals surface area contributed by atoms with E-state index in [1.54, 1.807) is 18.4 Å². The predicted octanol–water partition coefficient (Wildman–Crippen LogP) is -0.479. The van der Waals surface area contributed by atoms with Crippen LogP contribution in [-0.4, -0.2) is 117 Å². The fraction of sp³-hybridized carbons (Fsp3) is 0.639. The van der Waals surface area contributed by atoms with Gasteiger partial charge in [0.05, 0.1) is 12.1 Å². The zero-order valence-corrected chi connectivity index (χ0v) is 33.1. The first kappa shape index (κ1) is 47.6. The van der Waals surface area contributed by atoms with Crippen LogP contribution < -0.4 is 37.6 Å². The molecule has 0 spiro atoms. The van der Waals surface area contributed by atoms with Gasteiger partial charge < -0.3 is 53.0 Å². The third-order valence-electron chi connectivity index (χ3n) is 8.20. The van der Waals surface area contributed by atoms with E-state index in [1.807, 2.05) is 27.7 Å². The number of aromatic hydroxyl groups is 1. The summed E-state index contributed by atoms with van der Waals surface area (Å²) in [6, 6.07) is -2.34. The summed E-state index contributed by atoms with van der Waals surface area (Å²) < 4.78 is 0. The lowest BCUT2D eigenvalue weighted by Gasteiger charge is -2.27. The van der Waals surface area contributed by atoms with Crippen LogP contribution in [0.25, 0.3) is 0 Å². The highest BCUT2D eigenvalue weighted by molar-refractivity contribution is 7.98. The van der Waals surface area contributed by atoms with E-state index in [4.69, 9.17) is 5.73 Å². The largest absolute Gasteiger partial charge is 0.508 e. The Morgan fingerprint density at radius 3 is 1.61 bits per heavy atom. The minimum atomic E-state index is -1.53. The van der Waals surface area contributed by atoms with Crippen LogP contribution in [0.5, 0.6) is 5.75 Å². The molecule has 0 aliphatic carbocycles. The van der Waals surface area contributed by atoms with E-state index in [0.29, 0.717) is 17.7 Å². The first-order valence-corrected chi connectivity index (χ1v) is 19.3. The van der Waals surface area contributed by atoms with Gasteiger partial charge in [0.2, 0.25) is 35.4 Å². The first-order valence-electron chi connectivity index (χ1n) is 17.9. The Bertz CT molecular complexity index is 1430. The van der Waals surface area contributed by atoms with Gasteiger partial charge in [0, 0.05) is 6.42 Å². The first-order chi connectivity index (χ1) is 25.2. The Morgan fingerprint density at radius 1 is 0.648 bits per heavy atom. The molecule has 6 amide bonds. The van der Waals surface area contributed by atoms with Crippen LogP contribution in [0.1, 0.15) is 73.3 Å².